The maximum atomic E-state index is 13.1. The number of carbonyl (C=O) groups excluding carboxylic acids is 2. The van der Waals surface area contributed by atoms with Crippen LogP contribution in [0.3, 0.4) is 0 Å². The van der Waals surface area contributed by atoms with E-state index in [2.05, 4.69) is 15.2 Å². The summed E-state index contributed by atoms with van der Waals surface area (Å²) in [6, 6.07) is 14.1. The van der Waals surface area contributed by atoms with E-state index in [1.807, 2.05) is 31.3 Å². The monoisotopic (exact) mass is 396 g/mol. The van der Waals surface area contributed by atoms with Crippen LogP contribution in [0.5, 0.6) is 0 Å². The number of aromatic nitrogens is 1. The van der Waals surface area contributed by atoms with Gasteiger partial charge in [0, 0.05) is 47.7 Å². The number of benzene rings is 2. The van der Waals surface area contributed by atoms with Gasteiger partial charge in [-0.3, -0.25) is 4.79 Å². The Morgan fingerprint density at radius 3 is 2.46 bits per heavy atom. The molecule has 1 aliphatic heterocycles. The predicted molar refractivity (Wildman–Crippen MR) is 111 cm³/mol. The summed E-state index contributed by atoms with van der Waals surface area (Å²) in [5.41, 5.74) is 2.10. The highest BCUT2D eigenvalue weighted by atomic mass is 35.5. The van der Waals surface area contributed by atoms with Crippen LogP contribution in [0.25, 0.3) is 10.9 Å². The minimum Gasteiger partial charge on any atom is -0.350 e. The minimum atomic E-state index is -0.203. The molecule has 0 unspecified atom stereocenters. The van der Waals surface area contributed by atoms with Gasteiger partial charge in [0.1, 0.15) is 5.69 Å². The number of carbonyl (C=O) groups is 2. The van der Waals surface area contributed by atoms with Crippen molar-refractivity contribution in [1.29, 1.82) is 0 Å². The summed E-state index contributed by atoms with van der Waals surface area (Å²) < 4.78 is 0. The lowest BCUT2D eigenvalue weighted by Crippen LogP contribution is -2.48. The average Bonchev–Trinajstić information content (AvgIpc) is 3.05. The molecule has 0 aliphatic carbocycles. The Morgan fingerprint density at radius 2 is 1.75 bits per heavy atom. The van der Waals surface area contributed by atoms with Crippen molar-refractivity contribution in [2.45, 2.75) is 0 Å². The van der Waals surface area contributed by atoms with Gasteiger partial charge < -0.3 is 20.1 Å². The van der Waals surface area contributed by atoms with Gasteiger partial charge in [0.15, 0.2) is 0 Å². The molecular formula is C21H21ClN4O2. The van der Waals surface area contributed by atoms with Gasteiger partial charge in [-0.25, -0.2) is 4.79 Å². The van der Waals surface area contributed by atoms with Crippen molar-refractivity contribution in [2.75, 3.05) is 38.5 Å². The van der Waals surface area contributed by atoms with Crippen LogP contribution in [0.4, 0.5) is 10.5 Å². The normalized spacial score (nSPS) is 15.0. The second-order valence-corrected chi connectivity index (χ2v) is 7.42. The van der Waals surface area contributed by atoms with Gasteiger partial charge in [0.25, 0.3) is 0 Å². The zero-order valence-corrected chi connectivity index (χ0v) is 16.3. The quantitative estimate of drug-likeness (QED) is 0.661. The smallest absolute Gasteiger partial charge is 0.322 e. The zero-order valence-electron chi connectivity index (χ0n) is 15.5. The first-order chi connectivity index (χ1) is 13.5. The molecule has 1 aliphatic rings. The van der Waals surface area contributed by atoms with E-state index in [1.165, 1.54) is 0 Å². The van der Waals surface area contributed by atoms with Crippen molar-refractivity contribution in [3.63, 3.8) is 0 Å². The number of piperazine rings is 1. The number of anilines is 1. The van der Waals surface area contributed by atoms with Crippen LogP contribution < -0.4 is 5.32 Å². The highest BCUT2D eigenvalue weighted by Gasteiger charge is 2.24. The van der Waals surface area contributed by atoms with Gasteiger partial charge in [0.05, 0.1) is 5.69 Å². The third-order valence-corrected chi connectivity index (χ3v) is 5.28. The lowest BCUT2D eigenvalue weighted by Gasteiger charge is -2.32. The lowest BCUT2D eigenvalue weighted by molar-refractivity contribution is 0.103. The number of urea groups is 1. The second-order valence-electron chi connectivity index (χ2n) is 6.98. The molecule has 6 nitrogen and oxygen atoms in total. The molecule has 0 spiro atoms. The molecule has 3 aromatic rings. The number of rotatable bonds is 3. The number of hydrogen-bond donors (Lipinski definition) is 2. The number of likely N-dealkylation sites (N-methyl/N-ethyl adjacent to an activating group) is 1. The van der Waals surface area contributed by atoms with Crippen LogP contribution in [-0.2, 0) is 0 Å². The fourth-order valence-electron chi connectivity index (χ4n) is 3.40. The maximum Gasteiger partial charge on any atom is 0.322 e. The number of hydrogen-bond acceptors (Lipinski definition) is 3. The van der Waals surface area contributed by atoms with E-state index in [0.717, 1.165) is 18.5 Å². The number of amides is 2. The minimum absolute atomic E-state index is 0.179. The number of nitrogens with one attached hydrogen (secondary N) is 2. The van der Waals surface area contributed by atoms with E-state index < -0.39 is 0 Å². The average molecular weight is 397 g/mol. The van der Waals surface area contributed by atoms with Gasteiger partial charge in [-0.15, -0.1) is 0 Å². The fourth-order valence-corrected chi connectivity index (χ4v) is 3.57. The van der Waals surface area contributed by atoms with E-state index in [4.69, 9.17) is 11.6 Å². The van der Waals surface area contributed by atoms with Crippen LogP contribution in [0.2, 0.25) is 5.02 Å². The van der Waals surface area contributed by atoms with Gasteiger partial charge in [-0.05, 0) is 25.2 Å². The Kier molecular flexibility index (Phi) is 5.07. The Hall–Kier alpha value is -2.83. The molecule has 144 valence electrons. The van der Waals surface area contributed by atoms with Crippen molar-refractivity contribution in [2.24, 2.45) is 0 Å². The molecule has 7 heteroatoms. The van der Waals surface area contributed by atoms with Gasteiger partial charge in [-0.1, -0.05) is 41.9 Å². The number of aromatic amines is 1. The highest BCUT2D eigenvalue weighted by Crippen LogP contribution is 2.31. The van der Waals surface area contributed by atoms with Crippen molar-refractivity contribution in [3.8, 4) is 0 Å². The summed E-state index contributed by atoms with van der Waals surface area (Å²) in [5, 5.41) is 4.28. The SMILES string of the molecule is CN1CCN(C(=O)Nc2c(C(=O)c3ccccc3)[nH]c3cc(Cl)ccc23)CC1. The molecule has 28 heavy (non-hydrogen) atoms. The van der Waals surface area contributed by atoms with Crippen molar-refractivity contribution >= 4 is 40.0 Å². The highest BCUT2D eigenvalue weighted by molar-refractivity contribution is 6.31. The van der Waals surface area contributed by atoms with E-state index in [1.54, 1.807) is 29.2 Å². The number of fused-ring (bicyclic) bond motifs is 1. The number of ketones is 1. The van der Waals surface area contributed by atoms with Crippen molar-refractivity contribution in [1.82, 2.24) is 14.8 Å². The first-order valence-corrected chi connectivity index (χ1v) is 9.56. The van der Waals surface area contributed by atoms with Crippen LogP contribution >= 0.6 is 11.6 Å². The molecule has 1 fully saturated rings. The summed E-state index contributed by atoms with van der Waals surface area (Å²) in [6.45, 7) is 2.95. The third-order valence-electron chi connectivity index (χ3n) is 5.05. The third kappa shape index (κ3) is 3.61. The number of H-pyrrole nitrogens is 1. The van der Waals surface area contributed by atoms with Crippen LogP contribution in [-0.4, -0.2) is 59.8 Å². The Bertz CT molecular complexity index is 1020. The largest absolute Gasteiger partial charge is 0.350 e. The molecule has 0 radical (unpaired) electrons. The van der Waals surface area contributed by atoms with Crippen molar-refractivity contribution < 1.29 is 9.59 Å². The van der Waals surface area contributed by atoms with Crippen molar-refractivity contribution in [3.05, 3.63) is 64.8 Å². The first-order valence-electron chi connectivity index (χ1n) is 9.18. The van der Waals surface area contributed by atoms with E-state index >= 15 is 0 Å². The molecule has 2 N–H and O–H groups in total. The number of nitrogens with zero attached hydrogens (tertiary/aromatic N) is 2. The standard InChI is InChI=1S/C21H21ClN4O2/c1-25-9-11-26(12-10-25)21(28)24-18-16-8-7-15(22)13-17(16)23-19(18)20(27)14-5-3-2-4-6-14/h2-8,13,23H,9-12H2,1H3,(H,24,28). The predicted octanol–water partition coefficient (Wildman–Crippen LogP) is 3.83. The Balaban J connectivity index is 1.71. The molecule has 4 rings (SSSR count). The van der Waals surface area contributed by atoms with E-state index in [-0.39, 0.29) is 11.8 Å². The summed E-state index contributed by atoms with van der Waals surface area (Å²) in [6.07, 6.45) is 0. The molecule has 0 atom stereocenters. The Morgan fingerprint density at radius 1 is 1.04 bits per heavy atom. The van der Waals surface area contributed by atoms with E-state index in [9.17, 15) is 9.59 Å². The zero-order chi connectivity index (χ0) is 19.7. The van der Waals surface area contributed by atoms with Crippen LogP contribution in [0.1, 0.15) is 16.1 Å². The molecule has 1 aromatic heterocycles. The molecule has 1 saturated heterocycles. The molecule has 2 aromatic carbocycles. The molecule has 0 saturated carbocycles. The summed E-state index contributed by atoms with van der Waals surface area (Å²) >= 11 is 6.11. The molecule has 2 amide bonds. The van der Waals surface area contributed by atoms with Crippen LogP contribution in [0, 0.1) is 0 Å². The maximum absolute atomic E-state index is 13.1. The second kappa shape index (κ2) is 7.66. The first kappa shape index (κ1) is 18.5. The summed E-state index contributed by atoms with van der Waals surface area (Å²) in [4.78, 5) is 33.0. The molecule has 0 bridgehead atoms. The van der Waals surface area contributed by atoms with Gasteiger partial charge in [-0.2, -0.15) is 0 Å². The Labute approximate surface area is 168 Å². The molecule has 2 heterocycles. The fraction of sp³-hybridized carbons (Fsp3) is 0.238. The lowest BCUT2D eigenvalue weighted by atomic mass is 10.1. The topological polar surface area (TPSA) is 68.4 Å². The van der Waals surface area contributed by atoms with Gasteiger partial charge in [0.2, 0.25) is 5.78 Å². The van der Waals surface area contributed by atoms with E-state index in [0.29, 0.717) is 40.6 Å². The molecular weight excluding hydrogens is 376 g/mol. The summed E-state index contributed by atoms with van der Waals surface area (Å²) in [7, 11) is 2.04. The van der Waals surface area contributed by atoms with Crippen LogP contribution in [0.15, 0.2) is 48.5 Å². The van der Waals surface area contributed by atoms with Gasteiger partial charge >= 0.3 is 6.03 Å². The summed E-state index contributed by atoms with van der Waals surface area (Å²) in [5.74, 6) is -0.179. The number of halogens is 1.